The van der Waals surface area contributed by atoms with Crippen LogP contribution in [0.2, 0.25) is 5.02 Å². The summed E-state index contributed by atoms with van der Waals surface area (Å²) in [6, 6.07) is 5.04. The van der Waals surface area contributed by atoms with Gasteiger partial charge in [-0.15, -0.1) is 0 Å². The molecular formula is C13H15ClN4O2. The van der Waals surface area contributed by atoms with Crippen molar-refractivity contribution in [1.82, 2.24) is 20.0 Å². The number of nitrogens with one attached hydrogen (secondary N) is 2. The summed E-state index contributed by atoms with van der Waals surface area (Å²) in [6.07, 6.45) is 1.61. The molecule has 0 bridgehead atoms. The number of carbonyl (C=O) groups is 2. The Morgan fingerprint density at radius 1 is 1.10 bits per heavy atom. The van der Waals surface area contributed by atoms with Gasteiger partial charge in [-0.3, -0.25) is 20.4 Å². The fourth-order valence-corrected chi connectivity index (χ4v) is 2.08. The van der Waals surface area contributed by atoms with E-state index in [-0.39, 0.29) is 5.91 Å². The number of rotatable bonds is 2. The minimum Gasteiger partial charge on any atom is -0.345 e. The van der Waals surface area contributed by atoms with E-state index in [1.807, 2.05) is 13.0 Å². The van der Waals surface area contributed by atoms with Crippen LogP contribution in [0.15, 0.2) is 24.4 Å². The number of carbonyl (C=O) groups excluding carboxylic acids is 2. The zero-order chi connectivity index (χ0) is 14.9. The van der Waals surface area contributed by atoms with Crippen molar-refractivity contribution in [2.75, 3.05) is 0 Å². The number of amides is 2. The van der Waals surface area contributed by atoms with Crippen molar-refractivity contribution in [1.29, 1.82) is 0 Å². The summed E-state index contributed by atoms with van der Waals surface area (Å²) >= 11 is 5.80. The molecule has 0 spiro atoms. The smallest absolute Gasteiger partial charge is 0.286 e. The van der Waals surface area contributed by atoms with Crippen molar-refractivity contribution in [3.05, 3.63) is 46.5 Å². The van der Waals surface area contributed by atoms with Gasteiger partial charge in [0.1, 0.15) is 11.4 Å². The maximum atomic E-state index is 11.9. The predicted molar refractivity (Wildman–Crippen MR) is 75.5 cm³/mol. The topological polar surface area (TPSA) is 68.1 Å². The second kappa shape index (κ2) is 5.42. The summed E-state index contributed by atoms with van der Waals surface area (Å²) < 4.78 is 3.32. The molecule has 0 radical (unpaired) electrons. The van der Waals surface area contributed by atoms with E-state index in [2.05, 4.69) is 10.9 Å². The first-order valence-corrected chi connectivity index (χ1v) is 6.33. The van der Waals surface area contributed by atoms with Gasteiger partial charge in [0.2, 0.25) is 0 Å². The number of aromatic nitrogens is 2. The first-order chi connectivity index (χ1) is 9.40. The van der Waals surface area contributed by atoms with E-state index in [9.17, 15) is 9.59 Å². The minimum absolute atomic E-state index is 0.360. The summed E-state index contributed by atoms with van der Waals surface area (Å²) in [5.41, 5.74) is 6.51. The number of nitrogens with zero attached hydrogens (tertiary/aromatic N) is 2. The zero-order valence-electron chi connectivity index (χ0n) is 11.4. The van der Waals surface area contributed by atoms with Crippen LogP contribution in [-0.2, 0) is 14.1 Å². The van der Waals surface area contributed by atoms with Gasteiger partial charge in [0, 0.05) is 26.0 Å². The van der Waals surface area contributed by atoms with Gasteiger partial charge in [-0.25, -0.2) is 0 Å². The van der Waals surface area contributed by atoms with Crippen LogP contribution in [0, 0.1) is 6.92 Å². The Labute approximate surface area is 121 Å². The molecule has 20 heavy (non-hydrogen) atoms. The molecule has 6 nitrogen and oxygen atoms in total. The van der Waals surface area contributed by atoms with E-state index in [4.69, 9.17) is 11.6 Å². The average Bonchev–Trinajstić information content (AvgIpc) is 2.90. The van der Waals surface area contributed by atoms with E-state index in [1.165, 1.54) is 6.07 Å². The fourth-order valence-electron chi connectivity index (χ4n) is 1.83. The molecule has 0 aliphatic carbocycles. The lowest BCUT2D eigenvalue weighted by Crippen LogP contribution is -2.42. The van der Waals surface area contributed by atoms with E-state index in [0.29, 0.717) is 16.4 Å². The van der Waals surface area contributed by atoms with Gasteiger partial charge in [0.15, 0.2) is 0 Å². The van der Waals surface area contributed by atoms with Gasteiger partial charge < -0.3 is 9.13 Å². The van der Waals surface area contributed by atoms with Gasteiger partial charge in [0.25, 0.3) is 11.8 Å². The van der Waals surface area contributed by atoms with Gasteiger partial charge in [0.05, 0.1) is 5.02 Å². The first-order valence-electron chi connectivity index (χ1n) is 5.95. The summed E-state index contributed by atoms with van der Waals surface area (Å²) in [5, 5.41) is 0.460. The molecule has 2 amide bonds. The Balaban J connectivity index is 2.02. The molecule has 0 unspecified atom stereocenters. The molecule has 0 saturated heterocycles. The third-order valence-corrected chi connectivity index (χ3v) is 3.31. The van der Waals surface area contributed by atoms with Crippen LogP contribution in [-0.4, -0.2) is 20.9 Å². The van der Waals surface area contributed by atoms with E-state index in [1.54, 1.807) is 35.5 Å². The summed E-state index contributed by atoms with van der Waals surface area (Å²) in [5.74, 6) is -0.812. The predicted octanol–water partition coefficient (Wildman–Crippen LogP) is 1.40. The molecule has 2 aromatic heterocycles. The van der Waals surface area contributed by atoms with E-state index in [0.717, 1.165) is 5.69 Å². The summed E-state index contributed by atoms with van der Waals surface area (Å²) in [7, 11) is 3.48. The molecule has 0 saturated carbocycles. The quantitative estimate of drug-likeness (QED) is 0.822. The van der Waals surface area contributed by atoms with Crippen LogP contribution < -0.4 is 10.9 Å². The number of halogens is 1. The lowest BCUT2D eigenvalue weighted by Gasteiger charge is -2.09. The number of hydrogen-bond donors (Lipinski definition) is 2. The van der Waals surface area contributed by atoms with Crippen molar-refractivity contribution in [2.24, 2.45) is 14.1 Å². The third kappa shape index (κ3) is 2.70. The van der Waals surface area contributed by atoms with Crippen molar-refractivity contribution in [2.45, 2.75) is 6.92 Å². The highest BCUT2D eigenvalue weighted by Crippen LogP contribution is 2.12. The standard InChI is InChI=1S/C13H15ClN4O2/c1-8-4-5-10(18(8)3)12(19)15-16-13(20)11-6-9(14)7-17(11)2/h4-7H,1-3H3,(H,15,19)(H,16,20). The van der Waals surface area contributed by atoms with Crippen LogP contribution in [0.25, 0.3) is 0 Å². The average molecular weight is 295 g/mol. The molecule has 0 atom stereocenters. The maximum absolute atomic E-state index is 11.9. The van der Waals surface area contributed by atoms with Gasteiger partial charge in [-0.1, -0.05) is 11.6 Å². The van der Waals surface area contributed by atoms with Crippen LogP contribution in [0.1, 0.15) is 26.7 Å². The highest BCUT2D eigenvalue weighted by atomic mass is 35.5. The summed E-state index contributed by atoms with van der Waals surface area (Å²) in [6.45, 7) is 1.89. The van der Waals surface area contributed by atoms with Gasteiger partial charge in [-0.2, -0.15) is 0 Å². The normalized spacial score (nSPS) is 10.4. The van der Waals surface area contributed by atoms with Crippen LogP contribution in [0.4, 0.5) is 0 Å². The van der Waals surface area contributed by atoms with Crippen molar-refractivity contribution < 1.29 is 9.59 Å². The van der Waals surface area contributed by atoms with Crippen molar-refractivity contribution in [3.8, 4) is 0 Å². The van der Waals surface area contributed by atoms with Crippen LogP contribution >= 0.6 is 11.6 Å². The molecular weight excluding hydrogens is 280 g/mol. The molecule has 0 aliphatic rings. The molecule has 2 N–H and O–H groups in total. The Bertz CT molecular complexity index is 658. The van der Waals surface area contributed by atoms with Crippen LogP contribution in [0.3, 0.4) is 0 Å². The Hall–Kier alpha value is -2.21. The second-order valence-corrected chi connectivity index (χ2v) is 4.92. The highest BCUT2D eigenvalue weighted by molar-refractivity contribution is 6.31. The SMILES string of the molecule is Cc1ccc(C(=O)NNC(=O)c2cc(Cl)cn2C)n1C. The highest BCUT2D eigenvalue weighted by Gasteiger charge is 2.14. The molecule has 0 aromatic carbocycles. The number of hydrogen-bond acceptors (Lipinski definition) is 2. The van der Waals surface area contributed by atoms with Crippen molar-refractivity contribution in [3.63, 3.8) is 0 Å². The largest absolute Gasteiger partial charge is 0.345 e. The molecule has 0 aliphatic heterocycles. The Morgan fingerprint density at radius 2 is 1.70 bits per heavy atom. The molecule has 2 rings (SSSR count). The molecule has 0 fully saturated rings. The molecule has 2 heterocycles. The number of hydrazine groups is 1. The maximum Gasteiger partial charge on any atom is 0.286 e. The second-order valence-electron chi connectivity index (χ2n) is 4.48. The van der Waals surface area contributed by atoms with E-state index >= 15 is 0 Å². The lowest BCUT2D eigenvalue weighted by molar-refractivity contribution is 0.0837. The van der Waals surface area contributed by atoms with Crippen LogP contribution in [0.5, 0.6) is 0 Å². The summed E-state index contributed by atoms with van der Waals surface area (Å²) in [4.78, 5) is 23.8. The monoisotopic (exact) mass is 294 g/mol. The number of aryl methyl sites for hydroxylation is 2. The van der Waals surface area contributed by atoms with Crippen molar-refractivity contribution >= 4 is 23.4 Å². The zero-order valence-corrected chi connectivity index (χ0v) is 12.2. The lowest BCUT2D eigenvalue weighted by atomic mass is 10.4. The first kappa shape index (κ1) is 14.2. The Morgan fingerprint density at radius 3 is 2.15 bits per heavy atom. The molecule has 2 aromatic rings. The molecule has 7 heteroatoms. The third-order valence-electron chi connectivity index (χ3n) is 3.10. The Kier molecular flexibility index (Phi) is 3.85. The fraction of sp³-hybridized carbons (Fsp3) is 0.231. The minimum atomic E-state index is -0.432. The van der Waals surface area contributed by atoms with E-state index < -0.39 is 5.91 Å². The molecule has 106 valence electrons. The van der Waals surface area contributed by atoms with Gasteiger partial charge >= 0.3 is 0 Å². The van der Waals surface area contributed by atoms with Gasteiger partial charge in [-0.05, 0) is 25.1 Å².